The molecule has 1 aromatic rings. The molecule has 0 bridgehead atoms. The highest BCUT2D eigenvalue weighted by molar-refractivity contribution is 7.90. The van der Waals surface area contributed by atoms with E-state index in [9.17, 15) is 8.42 Å². The fraction of sp³-hybridized carbons (Fsp3) is 0.455. The van der Waals surface area contributed by atoms with Gasteiger partial charge in [-0.25, -0.2) is 8.42 Å². The number of rotatable bonds is 3. The highest BCUT2D eigenvalue weighted by Gasteiger charge is 2.25. The predicted octanol–water partition coefficient (Wildman–Crippen LogP) is 0.498. The van der Waals surface area contributed by atoms with Crippen molar-refractivity contribution in [2.75, 3.05) is 31.3 Å². The summed E-state index contributed by atoms with van der Waals surface area (Å²) in [6.45, 7) is 1.82. The van der Waals surface area contributed by atoms with Crippen LogP contribution in [0.3, 0.4) is 0 Å². The van der Waals surface area contributed by atoms with Crippen molar-refractivity contribution in [2.45, 2.75) is 10.9 Å². The van der Waals surface area contributed by atoms with Crippen molar-refractivity contribution < 1.29 is 8.42 Å². The second kappa shape index (κ2) is 4.07. The van der Waals surface area contributed by atoms with Gasteiger partial charge in [0.05, 0.1) is 16.6 Å². The van der Waals surface area contributed by atoms with Crippen LogP contribution in [0.2, 0.25) is 0 Å². The highest BCUT2D eigenvalue weighted by Crippen LogP contribution is 2.26. The average molecular weight is 240 g/mol. The number of sulfone groups is 1. The van der Waals surface area contributed by atoms with E-state index >= 15 is 0 Å². The largest absolute Gasteiger partial charge is 0.368 e. The molecule has 0 saturated carbocycles. The van der Waals surface area contributed by atoms with E-state index in [-0.39, 0.29) is 0 Å². The predicted molar refractivity (Wildman–Crippen MR) is 64.6 cm³/mol. The topological polar surface area (TPSA) is 49.4 Å². The van der Waals surface area contributed by atoms with Crippen LogP contribution in [0, 0.1) is 0 Å². The van der Waals surface area contributed by atoms with E-state index in [4.69, 9.17) is 0 Å². The Bertz CT molecular complexity index is 481. The van der Waals surface area contributed by atoms with Crippen LogP contribution in [-0.2, 0) is 9.84 Å². The van der Waals surface area contributed by atoms with Gasteiger partial charge in [0.25, 0.3) is 0 Å². The number of hydrogen-bond donors (Lipinski definition) is 1. The summed E-state index contributed by atoms with van der Waals surface area (Å²) in [5.74, 6) is 0. The third kappa shape index (κ3) is 2.05. The molecule has 1 N–H and O–H groups in total. The molecule has 1 heterocycles. The van der Waals surface area contributed by atoms with Crippen LogP contribution < -0.4 is 10.2 Å². The van der Waals surface area contributed by atoms with Crippen molar-refractivity contribution in [3.8, 4) is 0 Å². The van der Waals surface area contributed by atoms with Gasteiger partial charge in [0, 0.05) is 26.4 Å². The molecule has 88 valence electrons. The van der Waals surface area contributed by atoms with Gasteiger partial charge in [0.2, 0.25) is 0 Å². The van der Waals surface area contributed by atoms with Crippen molar-refractivity contribution in [3.05, 3.63) is 24.3 Å². The van der Waals surface area contributed by atoms with E-state index in [1.165, 1.54) is 6.26 Å². The Morgan fingerprint density at radius 1 is 1.31 bits per heavy atom. The standard InChI is InChI=1S/C11H16N2O2S/c1-13(9-7-12-8-9)10-5-3-4-6-11(10)16(2,14)15/h3-6,9,12H,7-8H2,1-2H3. The number of likely N-dealkylation sites (N-methyl/N-ethyl adjacent to an activating group) is 1. The SMILES string of the molecule is CN(c1ccccc1S(C)(=O)=O)C1CNC1. The Balaban J connectivity index is 2.39. The summed E-state index contributed by atoms with van der Waals surface area (Å²) in [5, 5.41) is 3.18. The third-order valence-electron chi connectivity index (χ3n) is 2.95. The van der Waals surface area contributed by atoms with Gasteiger partial charge in [0.15, 0.2) is 9.84 Å². The normalized spacial score (nSPS) is 16.9. The number of anilines is 1. The summed E-state index contributed by atoms with van der Waals surface area (Å²) in [7, 11) is -1.22. The molecule has 2 rings (SSSR count). The molecule has 0 atom stereocenters. The van der Waals surface area contributed by atoms with Crippen LogP contribution in [-0.4, -0.2) is 40.9 Å². The van der Waals surface area contributed by atoms with Gasteiger partial charge in [-0.15, -0.1) is 0 Å². The number of benzene rings is 1. The van der Waals surface area contributed by atoms with Crippen LogP contribution in [0.15, 0.2) is 29.2 Å². The van der Waals surface area contributed by atoms with Crippen LogP contribution in [0.5, 0.6) is 0 Å². The van der Waals surface area contributed by atoms with Crippen molar-refractivity contribution in [2.24, 2.45) is 0 Å². The van der Waals surface area contributed by atoms with Gasteiger partial charge in [-0.3, -0.25) is 0 Å². The van der Waals surface area contributed by atoms with Gasteiger partial charge in [-0.1, -0.05) is 12.1 Å². The highest BCUT2D eigenvalue weighted by atomic mass is 32.2. The molecule has 1 saturated heterocycles. The van der Waals surface area contributed by atoms with Crippen molar-refractivity contribution in [3.63, 3.8) is 0 Å². The van der Waals surface area contributed by atoms with E-state index < -0.39 is 9.84 Å². The lowest BCUT2D eigenvalue weighted by Crippen LogP contribution is -2.56. The molecule has 1 fully saturated rings. The summed E-state index contributed by atoms with van der Waals surface area (Å²) < 4.78 is 23.3. The van der Waals surface area contributed by atoms with Crippen LogP contribution in [0.25, 0.3) is 0 Å². The first-order valence-corrected chi connectivity index (χ1v) is 7.12. The molecule has 0 amide bonds. The second-order valence-corrected chi connectivity index (χ2v) is 6.15. The van der Waals surface area contributed by atoms with Crippen molar-refractivity contribution >= 4 is 15.5 Å². The third-order valence-corrected chi connectivity index (χ3v) is 4.10. The van der Waals surface area contributed by atoms with E-state index in [0.717, 1.165) is 18.8 Å². The van der Waals surface area contributed by atoms with Crippen LogP contribution in [0.1, 0.15) is 0 Å². The monoisotopic (exact) mass is 240 g/mol. The Labute approximate surface area is 96.2 Å². The molecule has 1 aromatic carbocycles. The van der Waals surface area contributed by atoms with Gasteiger partial charge in [0.1, 0.15) is 0 Å². The fourth-order valence-electron chi connectivity index (χ4n) is 1.81. The lowest BCUT2D eigenvalue weighted by molar-refractivity contribution is 0.427. The average Bonchev–Trinajstić information content (AvgIpc) is 2.13. The molecule has 5 heteroatoms. The Hall–Kier alpha value is -1.07. The minimum Gasteiger partial charge on any atom is -0.368 e. The Morgan fingerprint density at radius 3 is 2.44 bits per heavy atom. The van der Waals surface area contributed by atoms with E-state index in [1.54, 1.807) is 12.1 Å². The summed E-state index contributed by atoms with van der Waals surface area (Å²) in [6.07, 6.45) is 1.25. The molecule has 1 aliphatic heterocycles. The summed E-state index contributed by atoms with van der Waals surface area (Å²) >= 11 is 0. The molecule has 0 aromatic heterocycles. The first-order chi connectivity index (χ1) is 7.50. The molecule has 0 aliphatic carbocycles. The number of para-hydroxylation sites is 1. The first-order valence-electron chi connectivity index (χ1n) is 5.23. The zero-order chi connectivity index (χ0) is 11.8. The van der Waals surface area contributed by atoms with Gasteiger partial charge in [-0.2, -0.15) is 0 Å². The van der Waals surface area contributed by atoms with Crippen molar-refractivity contribution in [1.82, 2.24) is 5.32 Å². The zero-order valence-corrected chi connectivity index (χ0v) is 10.3. The first kappa shape index (κ1) is 11.4. The van der Waals surface area contributed by atoms with Gasteiger partial charge >= 0.3 is 0 Å². The van der Waals surface area contributed by atoms with E-state index in [0.29, 0.717) is 10.9 Å². The molecule has 4 nitrogen and oxygen atoms in total. The molecule has 0 unspecified atom stereocenters. The maximum Gasteiger partial charge on any atom is 0.177 e. The Morgan fingerprint density at radius 2 is 1.94 bits per heavy atom. The molecule has 0 radical (unpaired) electrons. The zero-order valence-electron chi connectivity index (χ0n) is 9.47. The minimum absolute atomic E-state index is 0.392. The maximum absolute atomic E-state index is 11.6. The quantitative estimate of drug-likeness (QED) is 0.836. The molecule has 0 spiro atoms. The summed E-state index contributed by atoms with van der Waals surface area (Å²) in [5.41, 5.74) is 0.788. The Kier molecular flexibility index (Phi) is 2.90. The molecular formula is C11H16N2O2S. The lowest BCUT2D eigenvalue weighted by atomic mass is 10.1. The summed E-state index contributed by atoms with van der Waals surface area (Å²) in [4.78, 5) is 2.44. The van der Waals surface area contributed by atoms with Gasteiger partial charge < -0.3 is 10.2 Å². The van der Waals surface area contributed by atoms with Gasteiger partial charge in [-0.05, 0) is 12.1 Å². The smallest absolute Gasteiger partial charge is 0.177 e. The van der Waals surface area contributed by atoms with Crippen LogP contribution >= 0.6 is 0 Å². The number of nitrogens with one attached hydrogen (secondary N) is 1. The minimum atomic E-state index is -3.16. The number of hydrogen-bond acceptors (Lipinski definition) is 4. The lowest BCUT2D eigenvalue weighted by Gasteiger charge is -2.37. The number of nitrogens with zero attached hydrogens (tertiary/aromatic N) is 1. The molecular weight excluding hydrogens is 224 g/mol. The molecule has 1 aliphatic rings. The molecule has 16 heavy (non-hydrogen) atoms. The van der Waals surface area contributed by atoms with Crippen molar-refractivity contribution in [1.29, 1.82) is 0 Å². The van der Waals surface area contributed by atoms with Crippen LogP contribution in [0.4, 0.5) is 5.69 Å². The summed E-state index contributed by atoms with van der Waals surface area (Å²) in [6, 6.07) is 7.53. The fourth-order valence-corrected chi connectivity index (χ4v) is 2.72. The van der Waals surface area contributed by atoms with E-state index in [1.807, 2.05) is 24.1 Å². The second-order valence-electron chi connectivity index (χ2n) is 4.16. The maximum atomic E-state index is 11.6. The van der Waals surface area contributed by atoms with E-state index in [2.05, 4.69) is 5.32 Å².